The van der Waals surface area contributed by atoms with Crippen LogP contribution in [-0.4, -0.2) is 15.2 Å². The lowest BCUT2D eigenvalue weighted by molar-refractivity contribution is 0.174. The molecule has 1 heterocycles. The zero-order valence-corrected chi connectivity index (χ0v) is 16.4. The van der Waals surface area contributed by atoms with Crippen LogP contribution in [-0.2, 0) is 10.0 Å². The van der Waals surface area contributed by atoms with Crippen LogP contribution in [0.15, 0.2) is 53.4 Å². The van der Waals surface area contributed by atoms with Crippen LogP contribution >= 0.6 is 23.2 Å². The highest BCUT2D eigenvalue weighted by atomic mass is 35.5. The first-order valence-corrected chi connectivity index (χ1v) is 10.3. The normalized spacial score (nSPS) is 13.0. The van der Waals surface area contributed by atoms with Gasteiger partial charge in [-0.25, -0.2) is 17.9 Å². The second kappa shape index (κ2) is 6.93. The van der Waals surface area contributed by atoms with Gasteiger partial charge in [0.05, 0.1) is 14.9 Å². The van der Waals surface area contributed by atoms with E-state index in [2.05, 4.69) is 0 Å². The number of fused-ring (bicyclic) bond motifs is 1. The smallest absolute Gasteiger partial charge is 0.238 e. The summed E-state index contributed by atoms with van der Waals surface area (Å²) < 4.78 is 47.7. The number of hydrogen-bond donors (Lipinski definition) is 1. The van der Waals surface area contributed by atoms with E-state index >= 15 is 0 Å². The molecule has 0 atom stereocenters. The Balaban J connectivity index is 1.92. The summed E-state index contributed by atoms with van der Waals surface area (Å²) in [6, 6.07) is 12.5. The van der Waals surface area contributed by atoms with Crippen LogP contribution in [0.3, 0.4) is 0 Å². The van der Waals surface area contributed by atoms with Gasteiger partial charge in [-0.15, -0.1) is 0 Å². The molecule has 0 bridgehead atoms. The van der Waals surface area contributed by atoms with Crippen LogP contribution in [0.25, 0.3) is 22.3 Å². The van der Waals surface area contributed by atoms with Crippen LogP contribution in [0.2, 0.25) is 10.0 Å². The average Bonchev–Trinajstić information content (AvgIpc) is 3.11. The fourth-order valence-corrected chi connectivity index (χ4v) is 3.96. The van der Waals surface area contributed by atoms with Crippen molar-refractivity contribution in [2.75, 3.05) is 6.79 Å². The Morgan fingerprint density at radius 3 is 1.86 bits per heavy atom. The van der Waals surface area contributed by atoms with Crippen LogP contribution in [0.5, 0.6) is 11.5 Å². The van der Waals surface area contributed by atoms with Gasteiger partial charge in [-0.3, -0.25) is 0 Å². The van der Waals surface area contributed by atoms with Crippen molar-refractivity contribution in [3.63, 3.8) is 0 Å². The zero-order valence-electron chi connectivity index (χ0n) is 14.1. The van der Waals surface area contributed by atoms with E-state index in [1.165, 1.54) is 24.3 Å². The number of sulfonamides is 1. The Morgan fingerprint density at radius 2 is 1.36 bits per heavy atom. The Morgan fingerprint density at radius 1 is 0.857 bits per heavy atom. The van der Waals surface area contributed by atoms with Crippen molar-refractivity contribution in [2.45, 2.75) is 4.90 Å². The number of nitrogens with two attached hydrogens (primary N) is 1. The predicted octanol–water partition coefficient (Wildman–Crippen LogP) is 4.84. The van der Waals surface area contributed by atoms with Crippen molar-refractivity contribution in [3.8, 4) is 33.8 Å². The first-order valence-electron chi connectivity index (χ1n) is 7.96. The monoisotopic (exact) mass is 439 g/mol. The van der Waals surface area contributed by atoms with Crippen molar-refractivity contribution in [2.24, 2.45) is 5.14 Å². The first kappa shape index (κ1) is 19.0. The van der Waals surface area contributed by atoms with E-state index in [4.69, 9.17) is 37.8 Å². The number of rotatable bonds is 3. The van der Waals surface area contributed by atoms with Crippen molar-refractivity contribution in [1.82, 2.24) is 0 Å². The molecular formula is C19H12Cl2FNO4S. The van der Waals surface area contributed by atoms with Crippen molar-refractivity contribution in [1.29, 1.82) is 0 Å². The maximum absolute atomic E-state index is 13.8. The minimum Gasteiger partial charge on any atom is -0.454 e. The van der Waals surface area contributed by atoms with E-state index in [-0.39, 0.29) is 21.7 Å². The molecule has 9 heteroatoms. The minimum absolute atomic E-state index is 0.00795. The molecule has 3 aromatic carbocycles. The van der Waals surface area contributed by atoms with E-state index in [0.29, 0.717) is 33.8 Å². The molecule has 1 aliphatic heterocycles. The lowest BCUT2D eigenvalue weighted by Crippen LogP contribution is -2.11. The van der Waals surface area contributed by atoms with E-state index < -0.39 is 15.8 Å². The maximum atomic E-state index is 13.8. The van der Waals surface area contributed by atoms with E-state index in [1.807, 2.05) is 0 Å². The van der Waals surface area contributed by atoms with Gasteiger partial charge in [0.1, 0.15) is 0 Å². The molecule has 0 unspecified atom stereocenters. The molecule has 0 saturated heterocycles. The SMILES string of the molecule is NS(=O)(=O)c1ccc(-c2cc3c(cc2-c2cc(Cl)c(F)c(Cl)c2)OCO3)cc1. The van der Waals surface area contributed by atoms with Gasteiger partial charge < -0.3 is 9.47 Å². The third-order valence-electron chi connectivity index (χ3n) is 4.30. The molecule has 144 valence electrons. The second-order valence-electron chi connectivity index (χ2n) is 6.07. The highest BCUT2D eigenvalue weighted by molar-refractivity contribution is 7.89. The summed E-state index contributed by atoms with van der Waals surface area (Å²) in [5, 5.41) is 4.93. The molecule has 3 aromatic rings. The first-order chi connectivity index (χ1) is 13.2. The largest absolute Gasteiger partial charge is 0.454 e. The number of benzene rings is 3. The summed E-state index contributed by atoms with van der Waals surface area (Å²) in [5.74, 6) is 0.358. The summed E-state index contributed by atoms with van der Waals surface area (Å²) in [6.07, 6.45) is 0. The van der Waals surface area contributed by atoms with Crippen molar-refractivity contribution in [3.05, 3.63) is 64.4 Å². The Kier molecular flexibility index (Phi) is 4.71. The van der Waals surface area contributed by atoms with Gasteiger partial charge in [0.15, 0.2) is 17.3 Å². The van der Waals surface area contributed by atoms with Crippen LogP contribution in [0.1, 0.15) is 0 Å². The fourth-order valence-electron chi connectivity index (χ4n) is 2.95. The fraction of sp³-hybridized carbons (Fsp3) is 0.0526. The summed E-state index contributed by atoms with van der Waals surface area (Å²) in [6.45, 7) is 0.0769. The molecule has 0 aliphatic carbocycles. The molecule has 4 rings (SSSR count). The zero-order chi connectivity index (χ0) is 20.1. The topological polar surface area (TPSA) is 78.6 Å². The molecular weight excluding hydrogens is 428 g/mol. The van der Waals surface area contributed by atoms with Crippen LogP contribution in [0.4, 0.5) is 4.39 Å². The summed E-state index contributed by atoms with van der Waals surface area (Å²) in [4.78, 5) is -0.00795. The van der Waals surface area contributed by atoms with Crippen LogP contribution in [0, 0.1) is 5.82 Å². The van der Waals surface area contributed by atoms with E-state index in [1.54, 1.807) is 24.3 Å². The minimum atomic E-state index is -3.81. The number of ether oxygens (including phenoxy) is 2. The summed E-state index contributed by atoms with van der Waals surface area (Å²) in [5.41, 5.74) is 2.62. The number of hydrogen-bond acceptors (Lipinski definition) is 4. The third-order valence-corrected chi connectivity index (χ3v) is 5.78. The van der Waals surface area contributed by atoms with Gasteiger partial charge >= 0.3 is 0 Å². The van der Waals surface area contributed by atoms with Gasteiger partial charge in [0.2, 0.25) is 16.8 Å². The van der Waals surface area contributed by atoms with Gasteiger partial charge in [0.25, 0.3) is 0 Å². The van der Waals surface area contributed by atoms with E-state index in [9.17, 15) is 12.8 Å². The Labute approximate surface area is 170 Å². The quantitative estimate of drug-likeness (QED) is 0.591. The molecule has 0 spiro atoms. The molecule has 0 amide bonds. The van der Waals surface area contributed by atoms with Gasteiger partial charge in [0, 0.05) is 0 Å². The summed E-state index contributed by atoms with van der Waals surface area (Å²) in [7, 11) is -3.81. The molecule has 0 radical (unpaired) electrons. The van der Waals surface area contributed by atoms with E-state index in [0.717, 1.165) is 0 Å². The van der Waals surface area contributed by atoms with Crippen molar-refractivity contribution >= 4 is 33.2 Å². The summed E-state index contributed by atoms with van der Waals surface area (Å²) >= 11 is 11.9. The average molecular weight is 440 g/mol. The van der Waals surface area contributed by atoms with Gasteiger partial charge in [-0.2, -0.15) is 0 Å². The molecule has 0 fully saturated rings. The molecule has 0 aromatic heterocycles. The predicted molar refractivity (Wildman–Crippen MR) is 105 cm³/mol. The number of primary sulfonamides is 1. The maximum Gasteiger partial charge on any atom is 0.238 e. The highest BCUT2D eigenvalue weighted by Gasteiger charge is 2.21. The van der Waals surface area contributed by atoms with Gasteiger partial charge in [-0.05, 0) is 58.7 Å². The Bertz CT molecular complexity index is 1170. The second-order valence-corrected chi connectivity index (χ2v) is 8.45. The molecule has 2 N–H and O–H groups in total. The lowest BCUT2D eigenvalue weighted by atomic mass is 9.94. The lowest BCUT2D eigenvalue weighted by Gasteiger charge is -2.13. The Hall–Kier alpha value is -2.32. The molecule has 1 aliphatic rings. The van der Waals surface area contributed by atoms with Crippen LogP contribution < -0.4 is 14.6 Å². The molecule has 28 heavy (non-hydrogen) atoms. The molecule has 0 saturated carbocycles. The van der Waals surface area contributed by atoms with Crippen molar-refractivity contribution < 1.29 is 22.3 Å². The number of halogens is 3. The third kappa shape index (κ3) is 3.42. The van der Waals surface area contributed by atoms with Gasteiger partial charge in [-0.1, -0.05) is 35.3 Å². The highest BCUT2D eigenvalue weighted by Crippen LogP contribution is 2.44. The molecule has 5 nitrogen and oxygen atoms in total. The standard InChI is InChI=1S/C19H12Cl2FNO4S/c20-15-5-11(6-16(21)19(15)22)14-8-18-17(26-9-27-18)7-13(14)10-1-3-12(4-2-10)28(23,24)25/h1-8H,9H2,(H2,23,24,25).